The summed E-state index contributed by atoms with van der Waals surface area (Å²) in [5, 5.41) is 12.0. The van der Waals surface area contributed by atoms with Gasteiger partial charge in [0.25, 0.3) is 0 Å². The van der Waals surface area contributed by atoms with Crippen LogP contribution in [0.2, 0.25) is 0 Å². The van der Waals surface area contributed by atoms with Gasteiger partial charge in [0.2, 0.25) is 0 Å². The minimum atomic E-state index is 0.875. The van der Waals surface area contributed by atoms with E-state index in [2.05, 4.69) is 194 Å². The third kappa shape index (κ3) is 5.04. The van der Waals surface area contributed by atoms with Crippen LogP contribution in [0.4, 0.5) is 34.1 Å². The average Bonchev–Trinajstić information content (AvgIpc) is 3.89. The number of fused-ring (bicyclic) bond motifs is 6. The number of nitrogens with zero attached hydrogens (tertiary/aromatic N) is 2. The molecule has 10 aromatic carbocycles. The maximum atomic E-state index is 6.74. The van der Waals surface area contributed by atoms with Crippen LogP contribution >= 0.6 is 0 Å². The van der Waals surface area contributed by atoms with Crippen LogP contribution in [-0.2, 0) is 12.8 Å². The summed E-state index contributed by atoms with van der Waals surface area (Å²) in [5.41, 5.74) is 12.6. The van der Waals surface area contributed by atoms with Crippen LogP contribution < -0.4 is 9.80 Å². The molecule has 0 radical (unpaired) electrons. The molecule has 12 rings (SSSR count). The Morgan fingerprint density at radius 3 is 1.15 bits per heavy atom. The van der Waals surface area contributed by atoms with Crippen molar-refractivity contribution in [3.63, 3.8) is 0 Å². The quantitative estimate of drug-likeness (QED) is 0.144. The molecule has 286 valence electrons. The Hall–Kier alpha value is -7.56. The van der Waals surface area contributed by atoms with Crippen molar-refractivity contribution in [2.24, 2.45) is 0 Å². The Kier molecular flexibility index (Phi) is 7.76. The first-order valence-electron chi connectivity index (χ1n) is 21.0. The van der Waals surface area contributed by atoms with Crippen molar-refractivity contribution in [1.82, 2.24) is 0 Å². The van der Waals surface area contributed by atoms with Gasteiger partial charge in [0, 0.05) is 43.7 Å². The van der Waals surface area contributed by atoms with E-state index in [0.717, 1.165) is 90.8 Å². The molecule has 0 aliphatic rings. The van der Waals surface area contributed by atoms with Crippen LogP contribution in [0.15, 0.2) is 191 Å². The predicted molar refractivity (Wildman–Crippen MR) is 253 cm³/mol. The lowest BCUT2D eigenvalue weighted by Crippen LogP contribution is -2.13. The normalized spacial score (nSPS) is 12.0. The van der Waals surface area contributed by atoms with Gasteiger partial charge in [-0.25, -0.2) is 0 Å². The Morgan fingerprint density at radius 2 is 0.717 bits per heavy atom. The number of para-hydroxylation sites is 6. The van der Waals surface area contributed by atoms with Crippen molar-refractivity contribution >= 4 is 110 Å². The van der Waals surface area contributed by atoms with Crippen molar-refractivity contribution in [2.45, 2.75) is 26.7 Å². The molecule has 0 aliphatic heterocycles. The van der Waals surface area contributed by atoms with Gasteiger partial charge in [0.1, 0.15) is 11.2 Å². The van der Waals surface area contributed by atoms with Gasteiger partial charge in [-0.2, -0.15) is 0 Å². The van der Waals surface area contributed by atoms with Gasteiger partial charge in [-0.15, -0.1) is 0 Å². The molecule has 60 heavy (non-hydrogen) atoms. The van der Waals surface area contributed by atoms with Crippen molar-refractivity contribution in [3.8, 4) is 0 Å². The second kappa shape index (κ2) is 13.5. The Labute approximate surface area is 347 Å². The number of furan rings is 2. The number of anilines is 6. The molecule has 0 N–H and O–H groups in total. The topological polar surface area (TPSA) is 32.8 Å². The summed E-state index contributed by atoms with van der Waals surface area (Å²) >= 11 is 0. The summed E-state index contributed by atoms with van der Waals surface area (Å²) in [6.45, 7) is 4.55. The highest BCUT2D eigenvalue weighted by Crippen LogP contribution is 2.51. The van der Waals surface area contributed by atoms with E-state index in [1.54, 1.807) is 0 Å². The molecule has 0 aliphatic carbocycles. The van der Waals surface area contributed by atoms with E-state index in [1.165, 1.54) is 43.4 Å². The third-order valence-corrected chi connectivity index (χ3v) is 12.5. The molecular weight excluding hydrogens is 733 g/mol. The molecule has 12 aromatic rings. The van der Waals surface area contributed by atoms with Crippen LogP contribution in [0, 0.1) is 0 Å². The highest BCUT2D eigenvalue weighted by atomic mass is 16.3. The lowest BCUT2D eigenvalue weighted by molar-refractivity contribution is 0.669. The van der Waals surface area contributed by atoms with Crippen molar-refractivity contribution < 1.29 is 8.83 Å². The van der Waals surface area contributed by atoms with Crippen LogP contribution in [0.1, 0.15) is 25.0 Å². The summed E-state index contributed by atoms with van der Waals surface area (Å²) in [6.07, 6.45) is 1.77. The molecule has 0 bridgehead atoms. The fourth-order valence-corrected chi connectivity index (χ4v) is 9.84. The second-order valence-electron chi connectivity index (χ2n) is 15.7. The zero-order valence-electron chi connectivity index (χ0n) is 33.4. The molecule has 0 fully saturated rings. The van der Waals surface area contributed by atoms with E-state index >= 15 is 0 Å². The van der Waals surface area contributed by atoms with Gasteiger partial charge in [0.15, 0.2) is 11.2 Å². The van der Waals surface area contributed by atoms with Gasteiger partial charge in [-0.3, -0.25) is 0 Å². The fourth-order valence-electron chi connectivity index (χ4n) is 9.84. The highest BCUT2D eigenvalue weighted by molar-refractivity contribution is 6.30. The zero-order valence-corrected chi connectivity index (χ0v) is 33.4. The van der Waals surface area contributed by atoms with Crippen LogP contribution in [0.5, 0.6) is 0 Å². The smallest absolute Gasteiger partial charge is 0.159 e. The first kappa shape index (κ1) is 34.5. The molecule has 0 unspecified atom stereocenters. The first-order valence-corrected chi connectivity index (χ1v) is 21.0. The molecule has 4 heteroatoms. The Balaban J connectivity index is 1.19. The van der Waals surface area contributed by atoms with Crippen LogP contribution in [0.25, 0.3) is 76.2 Å². The standard InChI is InChI=1S/C56H40N2O2/c1-3-35-33-49(57(37-17-7-5-8-18-37)47-25-15-23-43-41-21-11-13-27-51(41)59-55(43)47)45-32-30-40-36(4-2)34-50(46-31-29-39(35)53(45)54(40)46)58(38-19-9-6-10-20-38)48-26-16-24-44-42-22-12-14-28-52(42)60-56(44)48/h5-34H,3-4H2,1-2H3. The molecule has 2 aromatic heterocycles. The molecule has 0 atom stereocenters. The summed E-state index contributed by atoms with van der Waals surface area (Å²) in [6, 6.07) is 65.5. The molecule has 0 amide bonds. The third-order valence-electron chi connectivity index (χ3n) is 12.5. The lowest BCUT2D eigenvalue weighted by atomic mass is 9.86. The minimum absolute atomic E-state index is 0.875. The summed E-state index contributed by atoms with van der Waals surface area (Å²) < 4.78 is 13.5. The Bertz CT molecular complexity index is 3340. The van der Waals surface area contributed by atoms with Crippen molar-refractivity contribution in [3.05, 3.63) is 193 Å². The van der Waals surface area contributed by atoms with E-state index in [1.807, 2.05) is 12.1 Å². The Morgan fingerprint density at radius 1 is 0.333 bits per heavy atom. The van der Waals surface area contributed by atoms with Crippen molar-refractivity contribution in [2.75, 3.05) is 9.80 Å². The highest BCUT2D eigenvalue weighted by Gasteiger charge is 2.27. The van der Waals surface area contributed by atoms with Crippen LogP contribution in [0.3, 0.4) is 0 Å². The molecule has 4 nitrogen and oxygen atoms in total. The molecule has 0 spiro atoms. The summed E-state index contributed by atoms with van der Waals surface area (Å²) in [7, 11) is 0. The molecule has 0 saturated carbocycles. The van der Waals surface area contributed by atoms with Crippen molar-refractivity contribution in [1.29, 1.82) is 0 Å². The zero-order chi connectivity index (χ0) is 39.9. The van der Waals surface area contributed by atoms with E-state index in [4.69, 9.17) is 8.83 Å². The minimum Gasteiger partial charge on any atom is -0.454 e. The van der Waals surface area contributed by atoms with E-state index < -0.39 is 0 Å². The average molecular weight is 773 g/mol. The largest absolute Gasteiger partial charge is 0.454 e. The molecular formula is C56H40N2O2. The molecule has 2 heterocycles. The van der Waals surface area contributed by atoms with Gasteiger partial charge in [0.05, 0.1) is 22.7 Å². The first-order chi connectivity index (χ1) is 29.7. The second-order valence-corrected chi connectivity index (χ2v) is 15.7. The van der Waals surface area contributed by atoms with E-state index in [-0.39, 0.29) is 0 Å². The fraction of sp³-hybridized carbons (Fsp3) is 0.0714. The lowest BCUT2D eigenvalue weighted by Gasteiger charge is -2.30. The van der Waals surface area contributed by atoms with Gasteiger partial charge in [-0.1, -0.05) is 135 Å². The number of hydrogen-bond acceptors (Lipinski definition) is 4. The number of benzene rings is 10. The maximum absolute atomic E-state index is 6.74. The van der Waals surface area contributed by atoms with Gasteiger partial charge >= 0.3 is 0 Å². The monoisotopic (exact) mass is 772 g/mol. The van der Waals surface area contributed by atoms with E-state index in [0.29, 0.717) is 0 Å². The number of rotatable bonds is 8. The predicted octanol–water partition coefficient (Wildman–Crippen LogP) is 16.4. The van der Waals surface area contributed by atoms with Crippen LogP contribution in [-0.4, -0.2) is 0 Å². The molecule has 0 saturated heterocycles. The summed E-state index contributed by atoms with van der Waals surface area (Å²) in [4.78, 5) is 4.83. The van der Waals surface area contributed by atoms with Gasteiger partial charge in [-0.05, 0) is 106 Å². The number of hydrogen-bond donors (Lipinski definition) is 0. The SMILES string of the molecule is CCc1cc(N(c2ccccc2)c2cccc3c2oc2ccccc23)c2ccc3c(CC)cc(N(c4ccccc4)c4cccc5c4oc4ccccc45)c4ccc1c2c34. The summed E-state index contributed by atoms with van der Waals surface area (Å²) in [5.74, 6) is 0. The number of aryl methyl sites for hydroxylation is 2. The van der Waals surface area contributed by atoms with Gasteiger partial charge < -0.3 is 18.6 Å². The van der Waals surface area contributed by atoms with E-state index in [9.17, 15) is 0 Å². The maximum Gasteiger partial charge on any atom is 0.159 e.